The van der Waals surface area contributed by atoms with E-state index in [1.165, 1.54) is 6.42 Å². The van der Waals surface area contributed by atoms with Crippen LogP contribution in [0.2, 0.25) is 0 Å². The summed E-state index contributed by atoms with van der Waals surface area (Å²) in [6.07, 6.45) is 7.99. The van der Waals surface area contributed by atoms with Gasteiger partial charge in [0.15, 0.2) is 0 Å². The maximum absolute atomic E-state index is 14.1. The van der Waals surface area contributed by atoms with Crippen LogP contribution >= 0.6 is 15.9 Å². The smallest absolute Gasteiger partial charge is 0.233 e. The highest BCUT2D eigenvalue weighted by Crippen LogP contribution is 2.64. The molecule has 1 aliphatic heterocycles. The number of carbonyl (C=O) groups excluding carboxylic acids is 1. The fourth-order valence-corrected chi connectivity index (χ4v) is 8.18. The Kier molecular flexibility index (Phi) is 5.48. The maximum Gasteiger partial charge on any atom is 0.233 e. The van der Waals surface area contributed by atoms with Crippen molar-refractivity contribution in [1.82, 2.24) is 29.2 Å². The number of aromatic nitrogens is 5. The predicted molar refractivity (Wildman–Crippen MR) is 138 cm³/mol. The lowest BCUT2D eigenvalue weighted by Gasteiger charge is -2.60. The SMILES string of the molecule is O=C(Nc1nc2ccccc2n1CCN1CCOCC1)C12CC3CC(C1)CC(n1cnc(Br)n1)(C3)C2. The quantitative estimate of drug-likeness (QED) is 0.501. The Morgan fingerprint density at radius 3 is 2.64 bits per heavy atom. The van der Waals surface area contributed by atoms with E-state index in [4.69, 9.17) is 9.72 Å². The van der Waals surface area contributed by atoms with Gasteiger partial charge in [0.1, 0.15) is 6.33 Å². The van der Waals surface area contributed by atoms with Gasteiger partial charge in [0.2, 0.25) is 16.6 Å². The second-order valence-corrected chi connectivity index (χ2v) is 12.1. The van der Waals surface area contributed by atoms with E-state index in [2.05, 4.69) is 46.9 Å². The molecule has 0 radical (unpaired) electrons. The van der Waals surface area contributed by atoms with E-state index in [1.54, 1.807) is 0 Å². The minimum atomic E-state index is -0.379. The first-order valence-electron chi connectivity index (χ1n) is 13.2. The lowest BCUT2D eigenvalue weighted by molar-refractivity contribution is -0.150. The van der Waals surface area contributed by atoms with Crippen molar-refractivity contribution in [1.29, 1.82) is 0 Å². The first-order chi connectivity index (χ1) is 17.5. The average molecular weight is 554 g/mol. The van der Waals surface area contributed by atoms with E-state index in [-0.39, 0.29) is 16.9 Å². The molecule has 190 valence electrons. The lowest BCUT2D eigenvalue weighted by atomic mass is 9.46. The number of fused-ring (bicyclic) bond motifs is 1. The Hall–Kier alpha value is -2.30. The van der Waals surface area contributed by atoms with E-state index >= 15 is 0 Å². The number of amides is 1. The average Bonchev–Trinajstić information content (AvgIpc) is 3.46. The van der Waals surface area contributed by atoms with Gasteiger partial charge in [0.25, 0.3) is 0 Å². The van der Waals surface area contributed by atoms with Gasteiger partial charge in [-0.2, -0.15) is 0 Å². The van der Waals surface area contributed by atoms with Crippen LogP contribution in [0.5, 0.6) is 0 Å². The number of hydrogen-bond donors (Lipinski definition) is 1. The molecular weight excluding hydrogens is 522 g/mol. The van der Waals surface area contributed by atoms with Crippen molar-refractivity contribution in [2.45, 2.75) is 50.6 Å². The molecule has 2 atom stereocenters. The molecule has 0 spiro atoms. The summed E-state index contributed by atoms with van der Waals surface area (Å²) in [6.45, 7) is 5.14. The van der Waals surface area contributed by atoms with E-state index < -0.39 is 0 Å². The first-order valence-corrected chi connectivity index (χ1v) is 14.0. The van der Waals surface area contributed by atoms with Crippen LogP contribution in [0.15, 0.2) is 35.3 Å². The van der Waals surface area contributed by atoms with Crippen LogP contribution in [0.4, 0.5) is 5.95 Å². The number of nitrogens with zero attached hydrogens (tertiary/aromatic N) is 6. The Balaban J connectivity index is 1.18. The van der Waals surface area contributed by atoms with Crippen LogP contribution < -0.4 is 5.32 Å². The van der Waals surface area contributed by atoms with Gasteiger partial charge < -0.3 is 9.30 Å². The summed E-state index contributed by atoms with van der Waals surface area (Å²) in [6, 6.07) is 8.17. The molecule has 4 bridgehead atoms. The van der Waals surface area contributed by atoms with E-state index in [9.17, 15) is 4.79 Å². The Morgan fingerprint density at radius 2 is 1.89 bits per heavy atom. The van der Waals surface area contributed by atoms with Gasteiger partial charge in [-0.1, -0.05) is 12.1 Å². The molecule has 2 unspecified atom stereocenters. The summed E-state index contributed by atoms with van der Waals surface area (Å²) in [7, 11) is 0. The van der Waals surface area contributed by atoms with Crippen molar-refractivity contribution in [2.24, 2.45) is 17.3 Å². The molecule has 4 aliphatic carbocycles. The maximum atomic E-state index is 14.1. The number of halogens is 1. The van der Waals surface area contributed by atoms with Crippen molar-refractivity contribution in [3.8, 4) is 0 Å². The van der Waals surface area contributed by atoms with Crippen molar-refractivity contribution < 1.29 is 9.53 Å². The van der Waals surface area contributed by atoms with E-state index in [0.29, 0.717) is 22.5 Å². The molecule has 3 heterocycles. The summed E-state index contributed by atoms with van der Waals surface area (Å²) in [4.78, 5) is 25.8. The number of morpholine rings is 1. The van der Waals surface area contributed by atoms with Gasteiger partial charge in [0, 0.05) is 26.2 Å². The lowest BCUT2D eigenvalue weighted by Crippen LogP contribution is -2.60. The second kappa shape index (κ2) is 8.63. The van der Waals surface area contributed by atoms with Crippen LogP contribution in [0, 0.1) is 17.3 Å². The van der Waals surface area contributed by atoms with Crippen molar-refractivity contribution >= 4 is 38.8 Å². The van der Waals surface area contributed by atoms with Gasteiger partial charge in [-0.15, -0.1) is 5.10 Å². The van der Waals surface area contributed by atoms with Gasteiger partial charge in [-0.25, -0.2) is 14.6 Å². The summed E-state index contributed by atoms with van der Waals surface area (Å²) < 4.78 is 10.4. The Bertz CT molecular complexity index is 1280. The summed E-state index contributed by atoms with van der Waals surface area (Å²) in [5, 5.41) is 7.98. The fraction of sp³-hybridized carbons (Fsp3) is 0.615. The molecule has 8 rings (SSSR count). The number of carbonyl (C=O) groups is 1. The number of ether oxygens (including phenoxy) is 1. The molecule has 4 saturated carbocycles. The molecule has 10 heteroatoms. The number of rotatable bonds is 6. The fourth-order valence-electron chi connectivity index (χ4n) is 7.92. The second-order valence-electron chi connectivity index (χ2n) is 11.4. The molecule has 1 amide bonds. The molecule has 2 aromatic heterocycles. The molecule has 1 saturated heterocycles. The molecule has 36 heavy (non-hydrogen) atoms. The summed E-state index contributed by atoms with van der Waals surface area (Å²) in [5.74, 6) is 1.91. The highest BCUT2D eigenvalue weighted by Gasteiger charge is 2.61. The topological polar surface area (TPSA) is 90.1 Å². The number of benzene rings is 1. The summed E-state index contributed by atoms with van der Waals surface area (Å²) in [5.41, 5.74) is 1.49. The van der Waals surface area contributed by atoms with Crippen LogP contribution in [0.3, 0.4) is 0 Å². The number of hydrogen-bond acceptors (Lipinski definition) is 6. The molecule has 1 aromatic carbocycles. The third kappa shape index (κ3) is 3.80. The first kappa shape index (κ1) is 22.9. The third-order valence-electron chi connectivity index (χ3n) is 9.09. The zero-order valence-electron chi connectivity index (χ0n) is 20.4. The number of nitrogens with one attached hydrogen (secondary N) is 1. The number of anilines is 1. The molecule has 5 aliphatic rings. The highest BCUT2D eigenvalue weighted by atomic mass is 79.9. The normalized spacial score (nSPS) is 31.8. The van der Waals surface area contributed by atoms with Gasteiger partial charge in [0.05, 0.1) is 35.2 Å². The minimum absolute atomic E-state index is 0.114. The predicted octanol–water partition coefficient (Wildman–Crippen LogP) is 3.66. The molecule has 1 N–H and O–H groups in total. The monoisotopic (exact) mass is 553 g/mol. The third-order valence-corrected chi connectivity index (χ3v) is 9.45. The Labute approximate surface area is 218 Å². The largest absolute Gasteiger partial charge is 0.379 e. The molecule has 9 nitrogen and oxygen atoms in total. The minimum Gasteiger partial charge on any atom is -0.379 e. The standard InChI is InChI=1S/C26H32BrN7O2/c27-23-28-17-34(31-23)26-14-18-11-19(15-26)13-25(12-18,16-26)22(35)30-24-29-20-3-1-2-4-21(20)33(24)6-5-32-7-9-36-10-8-32/h1-4,17-19H,5-16H2,(H,29,30,35). The molecule has 5 fully saturated rings. The van der Waals surface area contributed by atoms with Crippen molar-refractivity contribution in [2.75, 3.05) is 38.2 Å². The van der Waals surface area contributed by atoms with Crippen LogP contribution in [-0.4, -0.2) is 68.0 Å². The van der Waals surface area contributed by atoms with E-state index in [1.807, 2.05) is 29.2 Å². The van der Waals surface area contributed by atoms with Crippen molar-refractivity contribution in [3.63, 3.8) is 0 Å². The van der Waals surface area contributed by atoms with Crippen LogP contribution in [-0.2, 0) is 21.6 Å². The Morgan fingerprint density at radius 1 is 1.11 bits per heavy atom. The zero-order chi connectivity index (χ0) is 24.3. The number of para-hydroxylation sites is 2. The summed E-state index contributed by atoms with van der Waals surface area (Å²) >= 11 is 3.42. The van der Waals surface area contributed by atoms with Gasteiger partial charge in [-0.05, 0) is 78.4 Å². The van der Waals surface area contributed by atoms with E-state index in [0.717, 1.165) is 82.5 Å². The van der Waals surface area contributed by atoms with Gasteiger partial charge >= 0.3 is 0 Å². The molecular formula is C26H32BrN7O2. The van der Waals surface area contributed by atoms with Crippen molar-refractivity contribution in [3.05, 3.63) is 35.3 Å². The highest BCUT2D eigenvalue weighted by molar-refractivity contribution is 9.10. The number of imidazole rings is 1. The zero-order valence-corrected chi connectivity index (χ0v) is 22.0. The molecule has 3 aromatic rings. The van der Waals surface area contributed by atoms with Gasteiger partial charge in [-0.3, -0.25) is 15.0 Å². The van der Waals surface area contributed by atoms with Crippen LogP contribution in [0.25, 0.3) is 11.0 Å². The van der Waals surface area contributed by atoms with Crippen LogP contribution in [0.1, 0.15) is 38.5 Å².